The van der Waals surface area contributed by atoms with E-state index in [1.54, 1.807) is 14.2 Å². The molecule has 1 aromatic carbocycles. The van der Waals surface area contributed by atoms with Crippen LogP contribution in [0.2, 0.25) is 0 Å². The lowest BCUT2D eigenvalue weighted by molar-refractivity contribution is -0.122. The zero-order chi connectivity index (χ0) is 18.2. The molecule has 7 heteroatoms. The highest BCUT2D eigenvalue weighted by Crippen LogP contribution is 2.38. The van der Waals surface area contributed by atoms with Gasteiger partial charge >= 0.3 is 0 Å². The number of aromatic nitrogens is 2. The number of aryl methyl sites for hydroxylation is 1. The number of nitrogens with zero attached hydrogens (tertiary/aromatic N) is 2. The fourth-order valence-electron chi connectivity index (χ4n) is 2.98. The quantitative estimate of drug-likeness (QED) is 0.837. The highest BCUT2D eigenvalue weighted by Gasteiger charge is 2.21. The Kier molecular flexibility index (Phi) is 6.82. The Hall–Kier alpha value is -2.54. The lowest BCUT2D eigenvalue weighted by Crippen LogP contribution is -2.15. The molecule has 0 saturated carbocycles. The van der Waals surface area contributed by atoms with Crippen molar-refractivity contribution in [1.29, 1.82) is 0 Å². The van der Waals surface area contributed by atoms with Gasteiger partial charge in [0.1, 0.15) is 5.82 Å². The van der Waals surface area contributed by atoms with Gasteiger partial charge in [-0.05, 0) is 37.5 Å². The van der Waals surface area contributed by atoms with Crippen molar-refractivity contribution in [3.63, 3.8) is 0 Å². The van der Waals surface area contributed by atoms with E-state index in [4.69, 9.17) is 24.1 Å². The predicted octanol–water partition coefficient (Wildman–Crippen LogP) is 2.76. The van der Waals surface area contributed by atoms with Crippen LogP contribution in [-0.2, 0) is 16.1 Å². The highest BCUT2D eigenvalue weighted by atomic mass is 16.5. The molecule has 1 aromatic heterocycles. The van der Waals surface area contributed by atoms with Crippen molar-refractivity contribution in [2.75, 3.05) is 20.8 Å². The van der Waals surface area contributed by atoms with Crippen LogP contribution >= 0.6 is 0 Å². The molecule has 3 rings (SSSR count). The third-order valence-electron chi connectivity index (χ3n) is 4.00. The topological polar surface area (TPSA) is 82.8 Å². The predicted molar refractivity (Wildman–Crippen MR) is 93.2 cm³/mol. The molecule has 7 nitrogen and oxygen atoms in total. The Balaban J connectivity index is 0.000000701. The Morgan fingerprint density at radius 1 is 1.40 bits per heavy atom. The van der Waals surface area contributed by atoms with Gasteiger partial charge in [0.2, 0.25) is 0 Å². The van der Waals surface area contributed by atoms with Crippen molar-refractivity contribution in [3.05, 3.63) is 30.1 Å². The second-order valence-corrected chi connectivity index (χ2v) is 5.69. The zero-order valence-electron chi connectivity index (χ0n) is 14.8. The first kappa shape index (κ1) is 18.8. The number of hydrogen-bond acceptors (Lipinski definition) is 5. The molecule has 0 aliphatic carbocycles. The fourth-order valence-corrected chi connectivity index (χ4v) is 2.98. The molecule has 2 heterocycles. The summed E-state index contributed by atoms with van der Waals surface area (Å²) in [5, 5.41) is 6.89. The fraction of sp³-hybridized carbons (Fsp3) is 0.444. The van der Waals surface area contributed by atoms with Crippen LogP contribution in [0, 0.1) is 6.92 Å². The van der Waals surface area contributed by atoms with Crippen LogP contribution in [0.1, 0.15) is 18.4 Å². The van der Waals surface area contributed by atoms with Gasteiger partial charge in [-0.3, -0.25) is 4.79 Å². The lowest BCUT2D eigenvalue weighted by atomic mass is 10.1. The van der Waals surface area contributed by atoms with E-state index < -0.39 is 0 Å². The minimum Gasteiger partial charge on any atom is -0.493 e. The molecule has 1 atom stereocenters. The van der Waals surface area contributed by atoms with Crippen LogP contribution in [0.4, 0.5) is 0 Å². The number of rotatable bonds is 5. The van der Waals surface area contributed by atoms with Gasteiger partial charge in [-0.25, -0.2) is 4.98 Å². The molecular weight excluding hydrogens is 324 g/mol. The molecular formula is C18H24N2O5. The first-order valence-corrected chi connectivity index (χ1v) is 8.08. The van der Waals surface area contributed by atoms with Gasteiger partial charge in [-0.1, -0.05) is 0 Å². The highest BCUT2D eigenvalue weighted by molar-refractivity contribution is 5.70. The second-order valence-electron chi connectivity index (χ2n) is 5.69. The normalized spacial score (nSPS) is 16.0. The number of carbonyl (C=O) groups is 1. The largest absolute Gasteiger partial charge is 0.493 e. The molecule has 1 fully saturated rings. The van der Waals surface area contributed by atoms with Gasteiger partial charge in [-0.15, -0.1) is 0 Å². The van der Waals surface area contributed by atoms with Crippen LogP contribution in [0.25, 0.3) is 11.4 Å². The molecule has 0 amide bonds. The van der Waals surface area contributed by atoms with Gasteiger partial charge < -0.3 is 23.9 Å². The number of benzene rings is 1. The van der Waals surface area contributed by atoms with Crippen molar-refractivity contribution in [2.45, 2.75) is 32.4 Å². The maximum absolute atomic E-state index is 8.36. The number of hydrogen-bond donors (Lipinski definition) is 1. The Bertz CT molecular complexity index is 693. The maximum atomic E-state index is 8.36. The Morgan fingerprint density at radius 3 is 2.76 bits per heavy atom. The molecule has 1 aliphatic heterocycles. The summed E-state index contributed by atoms with van der Waals surface area (Å²) in [6.07, 6.45) is 6.32. The molecule has 0 radical (unpaired) electrons. The summed E-state index contributed by atoms with van der Waals surface area (Å²) in [5.74, 6) is 2.33. The number of imidazole rings is 1. The number of ether oxygens (including phenoxy) is 3. The van der Waals surface area contributed by atoms with Gasteiger partial charge in [-0.2, -0.15) is 0 Å². The molecule has 0 spiro atoms. The minimum absolute atomic E-state index is 0.250. The maximum Gasteiger partial charge on any atom is 0.290 e. The van der Waals surface area contributed by atoms with Gasteiger partial charge in [0, 0.05) is 19.0 Å². The van der Waals surface area contributed by atoms with Crippen LogP contribution in [0.3, 0.4) is 0 Å². The van der Waals surface area contributed by atoms with E-state index in [1.165, 1.54) is 0 Å². The molecule has 25 heavy (non-hydrogen) atoms. The van der Waals surface area contributed by atoms with E-state index in [9.17, 15) is 0 Å². The van der Waals surface area contributed by atoms with Crippen molar-refractivity contribution >= 4 is 6.47 Å². The van der Waals surface area contributed by atoms with Crippen LogP contribution in [-0.4, -0.2) is 48.1 Å². The summed E-state index contributed by atoms with van der Waals surface area (Å²) in [7, 11) is 3.31. The average molecular weight is 348 g/mol. The standard InChI is InChI=1S/C17H22N2O3.CH2O2/c1-12-9-14(16(21-3)15(10-12)20-2)17-18-6-7-19(17)11-13-5-4-8-22-13;2-1-3/h6-7,9-10,13H,4-5,8,11H2,1-3H3;1H,(H,2,3). The van der Waals surface area contributed by atoms with Crippen LogP contribution in [0.15, 0.2) is 24.5 Å². The van der Waals surface area contributed by atoms with E-state index in [1.807, 2.05) is 25.4 Å². The Morgan fingerprint density at radius 2 is 2.16 bits per heavy atom. The molecule has 1 unspecified atom stereocenters. The van der Waals surface area contributed by atoms with E-state index in [2.05, 4.69) is 15.6 Å². The van der Waals surface area contributed by atoms with Crippen molar-refractivity contribution in [3.8, 4) is 22.9 Å². The van der Waals surface area contributed by atoms with Crippen LogP contribution < -0.4 is 9.47 Å². The van der Waals surface area contributed by atoms with Gasteiger partial charge in [0.25, 0.3) is 6.47 Å². The van der Waals surface area contributed by atoms with Crippen molar-refractivity contribution < 1.29 is 24.1 Å². The first-order chi connectivity index (χ1) is 12.1. The van der Waals surface area contributed by atoms with Gasteiger partial charge in [0.15, 0.2) is 11.5 Å². The summed E-state index contributed by atoms with van der Waals surface area (Å²) in [5.41, 5.74) is 2.06. The number of carboxylic acid groups (broad SMARTS) is 1. The minimum atomic E-state index is -0.250. The average Bonchev–Trinajstić information content (AvgIpc) is 3.27. The number of methoxy groups -OCH3 is 2. The summed E-state index contributed by atoms with van der Waals surface area (Å²) < 4.78 is 18.9. The summed E-state index contributed by atoms with van der Waals surface area (Å²) in [4.78, 5) is 12.9. The van der Waals surface area contributed by atoms with E-state index in [0.717, 1.165) is 48.7 Å². The monoisotopic (exact) mass is 348 g/mol. The first-order valence-electron chi connectivity index (χ1n) is 8.08. The molecule has 0 bridgehead atoms. The van der Waals surface area contributed by atoms with E-state index >= 15 is 0 Å². The molecule has 1 N–H and O–H groups in total. The molecule has 136 valence electrons. The van der Waals surface area contributed by atoms with E-state index in [-0.39, 0.29) is 12.6 Å². The Labute approximate surface area is 147 Å². The second kappa shape index (κ2) is 9.08. The van der Waals surface area contributed by atoms with Crippen molar-refractivity contribution in [2.24, 2.45) is 0 Å². The van der Waals surface area contributed by atoms with Gasteiger partial charge in [0.05, 0.1) is 32.4 Å². The molecule has 1 aliphatic rings. The lowest BCUT2D eigenvalue weighted by Gasteiger charge is -2.17. The van der Waals surface area contributed by atoms with Crippen molar-refractivity contribution in [1.82, 2.24) is 9.55 Å². The third-order valence-corrected chi connectivity index (χ3v) is 4.00. The van der Waals surface area contributed by atoms with E-state index in [0.29, 0.717) is 5.75 Å². The third kappa shape index (κ3) is 4.51. The SMILES string of the molecule is COc1cc(C)cc(-c2nccn2CC2CCCO2)c1OC.O=CO. The smallest absolute Gasteiger partial charge is 0.290 e. The summed E-state index contributed by atoms with van der Waals surface area (Å²) in [6, 6.07) is 4.05. The zero-order valence-corrected chi connectivity index (χ0v) is 14.8. The van der Waals surface area contributed by atoms with Crippen LogP contribution in [0.5, 0.6) is 11.5 Å². The molecule has 1 saturated heterocycles. The summed E-state index contributed by atoms with van der Waals surface area (Å²) in [6.45, 7) is 3.46. The molecule has 2 aromatic rings. The summed E-state index contributed by atoms with van der Waals surface area (Å²) >= 11 is 0.